The maximum atomic E-state index is 11.2. The summed E-state index contributed by atoms with van der Waals surface area (Å²) in [4.78, 5) is 11.2. The molecule has 3 nitrogen and oxygen atoms in total. The Hall–Kier alpha value is -0.380. The van der Waals surface area contributed by atoms with Crippen LogP contribution in [0.15, 0.2) is 0 Å². The molecule has 0 bridgehead atoms. The summed E-state index contributed by atoms with van der Waals surface area (Å²) in [6.45, 7) is 3.66. The molecule has 1 rings (SSSR count). The molecule has 0 aromatic rings. The molecular formula is C10H18O3S. The first-order valence-electron chi connectivity index (χ1n) is 5.09. The Morgan fingerprint density at radius 1 is 1.36 bits per heavy atom. The van der Waals surface area contributed by atoms with Crippen molar-refractivity contribution in [2.24, 2.45) is 0 Å². The molecule has 0 aromatic carbocycles. The van der Waals surface area contributed by atoms with Gasteiger partial charge in [0.2, 0.25) is 0 Å². The van der Waals surface area contributed by atoms with Crippen LogP contribution in [0.4, 0.5) is 4.79 Å². The smallest absolute Gasteiger partial charge is 0.428 e. The Bertz CT molecular complexity index is 198. The molecule has 0 radical (unpaired) electrons. The summed E-state index contributed by atoms with van der Waals surface area (Å²) in [6, 6.07) is 0. The third-order valence-corrected chi connectivity index (χ3v) is 2.61. The Labute approximate surface area is 90.6 Å². The monoisotopic (exact) mass is 218 g/mol. The van der Waals surface area contributed by atoms with E-state index in [0.29, 0.717) is 0 Å². The SMILES string of the molecule is CC(S)OC(=O)OC1(C)CCCCC1. The van der Waals surface area contributed by atoms with Gasteiger partial charge in [-0.25, -0.2) is 4.79 Å². The molecule has 0 aliphatic heterocycles. The van der Waals surface area contributed by atoms with Crippen LogP contribution in [-0.4, -0.2) is 17.2 Å². The van der Waals surface area contributed by atoms with Crippen molar-refractivity contribution in [1.82, 2.24) is 0 Å². The van der Waals surface area contributed by atoms with E-state index in [9.17, 15) is 4.79 Å². The van der Waals surface area contributed by atoms with E-state index in [1.807, 2.05) is 6.92 Å². The second kappa shape index (κ2) is 4.91. The lowest BCUT2D eigenvalue weighted by Crippen LogP contribution is -2.34. The summed E-state index contributed by atoms with van der Waals surface area (Å²) in [7, 11) is 0. The summed E-state index contributed by atoms with van der Waals surface area (Å²) in [6.07, 6.45) is 4.75. The quantitative estimate of drug-likeness (QED) is 0.439. The number of carbonyl (C=O) groups is 1. The molecule has 14 heavy (non-hydrogen) atoms. The van der Waals surface area contributed by atoms with Crippen molar-refractivity contribution in [2.75, 3.05) is 0 Å². The molecule has 0 spiro atoms. The van der Waals surface area contributed by atoms with Crippen molar-refractivity contribution in [1.29, 1.82) is 0 Å². The van der Waals surface area contributed by atoms with Crippen molar-refractivity contribution >= 4 is 18.8 Å². The summed E-state index contributed by atoms with van der Waals surface area (Å²) in [5.41, 5.74) is -0.729. The average Bonchev–Trinajstić information content (AvgIpc) is 2.02. The first-order chi connectivity index (χ1) is 6.52. The van der Waals surface area contributed by atoms with Crippen molar-refractivity contribution < 1.29 is 14.3 Å². The largest absolute Gasteiger partial charge is 0.509 e. The van der Waals surface area contributed by atoms with Crippen molar-refractivity contribution in [3.63, 3.8) is 0 Å². The van der Waals surface area contributed by atoms with Gasteiger partial charge in [-0.3, -0.25) is 0 Å². The van der Waals surface area contributed by atoms with Gasteiger partial charge in [-0.15, -0.1) is 12.6 Å². The number of rotatable bonds is 2. The first kappa shape index (κ1) is 11.7. The van der Waals surface area contributed by atoms with Gasteiger partial charge in [-0.2, -0.15) is 0 Å². The molecule has 82 valence electrons. The van der Waals surface area contributed by atoms with Gasteiger partial charge in [0.15, 0.2) is 0 Å². The summed E-state index contributed by atoms with van der Waals surface area (Å²) in [5, 5.41) is 0. The lowest BCUT2D eigenvalue weighted by molar-refractivity contribution is -0.0455. The molecule has 1 fully saturated rings. The van der Waals surface area contributed by atoms with E-state index in [1.54, 1.807) is 6.92 Å². The van der Waals surface area contributed by atoms with Crippen LogP contribution in [-0.2, 0) is 9.47 Å². The minimum absolute atomic E-state index is 0.321. The van der Waals surface area contributed by atoms with Crippen molar-refractivity contribution in [3.8, 4) is 0 Å². The third-order valence-electron chi connectivity index (χ3n) is 2.51. The van der Waals surface area contributed by atoms with Gasteiger partial charge in [-0.1, -0.05) is 6.42 Å². The Kier molecular flexibility index (Phi) is 4.11. The maximum absolute atomic E-state index is 11.2. The number of hydrogen-bond acceptors (Lipinski definition) is 4. The van der Waals surface area contributed by atoms with Crippen LogP contribution in [0.25, 0.3) is 0 Å². The van der Waals surface area contributed by atoms with Gasteiger partial charge in [0.05, 0.1) is 0 Å². The summed E-state index contributed by atoms with van der Waals surface area (Å²) in [5.74, 6) is 0. The zero-order valence-corrected chi connectivity index (χ0v) is 9.68. The second-order valence-electron chi connectivity index (χ2n) is 4.08. The van der Waals surface area contributed by atoms with Crippen LogP contribution < -0.4 is 0 Å². The van der Waals surface area contributed by atoms with Gasteiger partial charge in [0, 0.05) is 0 Å². The molecule has 1 atom stereocenters. The van der Waals surface area contributed by atoms with E-state index in [-0.39, 0.29) is 5.60 Å². The van der Waals surface area contributed by atoms with Gasteiger partial charge in [-0.05, 0) is 39.5 Å². The van der Waals surface area contributed by atoms with E-state index < -0.39 is 11.6 Å². The Balaban J connectivity index is 2.37. The number of thiol groups is 1. The molecule has 1 unspecified atom stereocenters. The molecular weight excluding hydrogens is 200 g/mol. The van der Waals surface area contributed by atoms with Crippen LogP contribution in [0, 0.1) is 0 Å². The highest BCUT2D eigenvalue weighted by Gasteiger charge is 2.31. The first-order valence-corrected chi connectivity index (χ1v) is 5.61. The lowest BCUT2D eigenvalue weighted by Gasteiger charge is -2.32. The van der Waals surface area contributed by atoms with Crippen LogP contribution in [0.1, 0.15) is 46.0 Å². The highest BCUT2D eigenvalue weighted by molar-refractivity contribution is 7.80. The lowest BCUT2D eigenvalue weighted by atomic mass is 9.86. The van der Waals surface area contributed by atoms with Crippen molar-refractivity contribution in [3.05, 3.63) is 0 Å². The van der Waals surface area contributed by atoms with E-state index in [4.69, 9.17) is 9.47 Å². The van der Waals surface area contributed by atoms with Crippen LogP contribution in [0.5, 0.6) is 0 Å². The average molecular weight is 218 g/mol. The van der Waals surface area contributed by atoms with Gasteiger partial charge < -0.3 is 9.47 Å². The minimum Gasteiger partial charge on any atom is -0.428 e. The maximum Gasteiger partial charge on any atom is 0.509 e. The minimum atomic E-state index is -0.600. The predicted molar refractivity (Wildman–Crippen MR) is 57.5 cm³/mol. The number of hydrogen-bond donors (Lipinski definition) is 1. The number of ether oxygens (including phenoxy) is 2. The van der Waals surface area contributed by atoms with Crippen LogP contribution in [0.2, 0.25) is 0 Å². The van der Waals surface area contributed by atoms with E-state index in [2.05, 4.69) is 12.6 Å². The third kappa shape index (κ3) is 3.78. The van der Waals surface area contributed by atoms with E-state index >= 15 is 0 Å². The van der Waals surface area contributed by atoms with Crippen LogP contribution in [0.3, 0.4) is 0 Å². The van der Waals surface area contributed by atoms with Crippen molar-refractivity contribution in [2.45, 2.75) is 57.0 Å². The predicted octanol–water partition coefficient (Wildman–Crippen LogP) is 3.14. The fraction of sp³-hybridized carbons (Fsp3) is 0.900. The molecule has 4 heteroatoms. The van der Waals surface area contributed by atoms with Crippen LogP contribution >= 0.6 is 12.6 Å². The number of carbonyl (C=O) groups excluding carboxylic acids is 1. The standard InChI is InChI=1S/C10H18O3S/c1-8(14)12-9(11)13-10(2)6-4-3-5-7-10/h8,14H,3-7H2,1-2H3. The highest BCUT2D eigenvalue weighted by Crippen LogP contribution is 2.31. The van der Waals surface area contributed by atoms with Gasteiger partial charge >= 0.3 is 6.16 Å². The summed E-state index contributed by atoms with van der Waals surface area (Å²) >= 11 is 3.96. The molecule has 1 aliphatic carbocycles. The Morgan fingerprint density at radius 2 is 1.93 bits per heavy atom. The molecule has 0 saturated heterocycles. The highest BCUT2D eigenvalue weighted by atomic mass is 32.1. The summed E-state index contributed by atoms with van der Waals surface area (Å²) < 4.78 is 10.1. The molecule has 0 amide bonds. The van der Waals surface area contributed by atoms with E-state index in [1.165, 1.54) is 6.42 Å². The zero-order chi connectivity index (χ0) is 10.6. The van der Waals surface area contributed by atoms with E-state index in [0.717, 1.165) is 25.7 Å². The fourth-order valence-electron chi connectivity index (χ4n) is 1.77. The normalized spacial score (nSPS) is 22.5. The zero-order valence-electron chi connectivity index (χ0n) is 8.78. The molecule has 0 heterocycles. The molecule has 1 saturated carbocycles. The fourth-order valence-corrected chi connectivity index (χ4v) is 1.85. The van der Waals surface area contributed by atoms with Gasteiger partial charge in [0.25, 0.3) is 0 Å². The molecule has 0 aromatic heterocycles. The topological polar surface area (TPSA) is 35.5 Å². The Morgan fingerprint density at radius 3 is 2.43 bits per heavy atom. The second-order valence-corrected chi connectivity index (χ2v) is 4.81. The molecule has 0 N–H and O–H groups in total. The molecule has 1 aliphatic rings. The van der Waals surface area contributed by atoms with Gasteiger partial charge in [0.1, 0.15) is 11.0 Å².